The molecule has 0 spiro atoms. The highest BCUT2D eigenvalue weighted by Crippen LogP contribution is 2.36. The van der Waals surface area contributed by atoms with Gasteiger partial charge in [-0.25, -0.2) is 0 Å². The van der Waals surface area contributed by atoms with Gasteiger partial charge < -0.3 is 26.3 Å². The Labute approximate surface area is 127 Å². The topological polar surface area (TPSA) is 117 Å². The van der Waals surface area contributed by atoms with E-state index < -0.39 is 5.91 Å². The van der Waals surface area contributed by atoms with Crippen molar-refractivity contribution in [3.63, 3.8) is 0 Å². The third-order valence-electron chi connectivity index (χ3n) is 2.94. The van der Waals surface area contributed by atoms with Crippen molar-refractivity contribution < 1.29 is 19.1 Å². The van der Waals surface area contributed by atoms with Gasteiger partial charge in [0.05, 0.1) is 28.8 Å². The Hall–Kier alpha value is -1.64. The first kappa shape index (κ1) is 17.4. The molecule has 1 unspecified atom stereocenters. The van der Waals surface area contributed by atoms with E-state index in [1.54, 1.807) is 21.1 Å². The van der Waals surface area contributed by atoms with Crippen LogP contribution in [-0.2, 0) is 9.47 Å². The van der Waals surface area contributed by atoms with Gasteiger partial charge in [-0.2, -0.15) is 0 Å². The third kappa shape index (κ3) is 4.16. The Balaban J connectivity index is 3.00. The van der Waals surface area contributed by atoms with Crippen molar-refractivity contribution in [1.82, 2.24) is 0 Å². The van der Waals surface area contributed by atoms with Gasteiger partial charge in [0.2, 0.25) is 0 Å². The largest absolute Gasteiger partial charge is 0.397 e. The molecule has 0 radical (unpaired) electrons. The molecular formula is C13H21N3O4S. The van der Waals surface area contributed by atoms with Crippen LogP contribution in [0.3, 0.4) is 0 Å². The zero-order valence-corrected chi connectivity index (χ0v) is 13.2. The molecule has 118 valence electrons. The quantitative estimate of drug-likeness (QED) is 0.587. The standard InChI is InChI=1S/C13H21N3O4S/c1-4-8(17)11-10(14)9(12(15)18)13(21-11)16-5-7(20-3)6-19-2/h7,16H,4-6,14H2,1-3H3,(H2,15,18). The summed E-state index contributed by atoms with van der Waals surface area (Å²) in [6, 6.07) is 0. The van der Waals surface area contributed by atoms with Crippen LogP contribution in [-0.4, -0.2) is 45.2 Å². The number of Topliss-reactive ketones (excluding diaryl/α,β-unsaturated/α-hetero) is 1. The average molecular weight is 315 g/mol. The molecule has 7 nitrogen and oxygen atoms in total. The molecule has 0 saturated carbocycles. The van der Waals surface area contributed by atoms with Crippen LogP contribution in [0.1, 0.15) is 33.4 Å². The summed E-state index contributed by atoms with van der Waals surface area (Å²) in [4.78, 5) is 23.7. The van der Waals surface area contributed by atoms with Gasteiger partial charge in [0, 0.05) is 27.2 Å². The Morgan fingerprint density at radius 1 is 1.38 bits per heavy atom. The van der Waals surface area contributed by atoms with E-state index in [2.05, 4.69) is 5.32 Å². The van der Waals surface area contributed by atoms with Crippen molar-refractivity contribution in [2.45, 2.75) is 19.4 Å². The number of nitrogens with two attached hydrogens (primary N) is 2. The second kappa shape index (κ2) is 7.96. The van der Waals surface area contributed by atoms with E-state index in [0.717, 1.165) is 11.3 Å². The van der Waals surface area contributed by atoms with Gasteiger partial charge in [-0.05, 0) is 0 Å². The minimum absolute atomic E-state index is 0.117. The van der Waals surface area contributed by atoms with Crippen LogP contribution in [0.15, 0.2) is 0 Å². The monoisotopic (exact) mass is 315 g/mol. The fraction of sp³-hybridized carbons (Fsp3) is 0.538. The molecule has 5 N–H and O–H groups in total. The highest BCUT2D eigenvalue weighted by Gasteiger charge is 2.23. The summed E-state index contributed by atoms with van der Waals surface area (Å²) < 4.78 is 10.2. The molecule has 0 aliphatic rings. The van der Waals surface area contributed by atoms with Gasteiger partial charge in [-0.3, -0.25) is 9.59 Å². The second-order valence-corrected chi connectivity index (χ2v) is 5.40. The number of nitrogen functional groups attached to an aromatic ring is 1. The normalized spacial score (nSPS) is 12.1. The minimum atomic E-state index is -0.665. The molecule has 1 amide bonds. The Bertz CT molecular complexity index is 516. The van der Waals surface area contributed by atoms with Gasteiger partial charge in [0.25, 0.3) is 5.91 Å². The average Bonchev–Trinajstić information content (AvgIpc) is 2.79. The van der Waals surface area contributed by atoms with Crippen LogP contribution in [0.25, 0.3) is 0 Å². The molecule has 8 heteroatoms. The Morgan fingerprint density at radius 2 is 2.05 bits per heavy atom. The maximum absolute atomic E-state index is 11.8. The molecule has 1 aromatic rings. The number of thiophene rings is 1. The van der Waals surface area contributed by atoms with Crippen LogP contribution in [0, 0.1) is 0 Å². The number of anilines is 2. The predicted molar refractivity (Wildman–Crippen MR) is 83.0 cm³/mol. The van der Waals surface area contributed by atoms with E-state index in [1.807, 2.05) is 0 Å². The zero-order valence-electron chi connectivity index (χ0n) is 12.4. The minimum Gasteiger partial charge on any atom is -0.397 e. The van der Waals surface area contributed by atoms with Gasteiger partial charge in [0.1, 0.15) is 5.00 Å². The molecule has 0 aliphatic carbocycles. The number of ketones is 1. The zero-order chi connectivity index (χ0) is 16.0. The van der Waals surface area contributed by atoms with Crippen molar-refractivity contribution in [2.75, 3.05) is 38.4 Å². The molecular weight excluding hydrogens is 294 g/mol. The number of amides is 1. The third-order valence-corrected chi connectivity index (χ3v) is 4.15. The summed E-state index contributed by atoms with van der Waals surface area (Å²) >= 11 is 1.13. The molecule has 1 atom stereocenters. The fourth-order valence-electron chi connectivity index (χ4n) is 1.78. The first-order valence-corrected chi connectivity index (χ1v) is 7.28. The van der Waals surface area contributed by atoms with E-state index in [4.69, 9.17) is 20.9 Å². The fourth-order valence-corrected chi connectivity index (χ4v) is 2.93. The number of rotatable bonds is 9. The molecule has 0 bridgehead atoms. The van der Waals surface area contributed by atoms with Crippen molar-refractivity contribution in [1.29, 1.82) is 0 Å². The smallest absolute Gasteiger partial charge is 0.253 e. The SMILES string of the molecule is CCC(=O)c1sc(NCC(COC)OC)c(C(N)=O)c1N. The molecule has 0 aliphatic heterocycles. The van der Waals surface area contributed by atoms with Crippen LogP contribution in [0.2, 0.25) is 0 Å². The van der Waals surface area contributed by atoms with E-state index in [9.17, 15) is 9.59 Å². The predicted octanol–water partition coefficient (Wildman–Crippen LogP) is 1.10. The molecule has 1 aromatic heterocycles. The number of carbonyl (C=O) groups excluding carboxylic acids is 2. The summed E-state index contributed by atoms with van der Waals surface area (Å²) in [5, 5.41) is 3.53. The number of carbonyl (C=O) groups is 2. The van der Waals surface area contributed by atoms with Crippen LogP contribution in [0.4, 0.5) is 10.7 Å². The maximum atomic E-state index is 11.8. The first-order chi connectivity index (χ1) is 9.96. The van der Waals surface area contributed by atoms with Crippen LogP contribution in [0.5, 0.6) is 0 Å². The lowest BCUT2D eigenvalue weighted by Crippen LogP contribution is -2.27. The molecule has 0 saturated heterocycles. The molecule has 21 heavy (non-hydrogen) atoms. The molecule has 1 rings (SSSR count). The van der Waals surface area contributed by atoms with Crippen LogP contribution >= 0.6 is 11.3 Å². The lowest BCUT2D eigenvalue weighted by atomic mass is 10.1. The second-order valence-electron chi connectivity index (χ2n) is 4.38. The van der Waals surface area contributed by atoms with Crippen molar-refractivity contribution >= 4 is 33.7 Å². The first-order valence-electron chi connectivity index (χ1n) is 6.47. The number of hydrogen-bond acceptors (Lipinski definition) is 7. The van der Waals surface area contributed by atoms with Crippen molar-refractivity contribution in [3.05, 3.63) is 10.4 Å². The van der Waals surface area contributed by atoms with Gasteiger partial charge in [-0.15, -0.1) is 11.3 Å². The van der Waals surface area contributed by atoms with E-state index >= 15 is 0 Å². The summed E-state index contributed by atoms with van der Waals surface area (Å²) in [6.45, 7) is 2.54. The molecule has 1 heterocycles. The number of primary amides is 1. The lowest BCUT2D eigenvalue weighted by molar-refractivity contribution is 0.0366. The number of methoxy groups -OCH3 is 2. The van der Waals surface area contributed by atoms with Gasteiger partial charge in [-0.1, -0.05) is 6.92 Å². The van der Waals surface area contributed by atoms with E-state index in [-0.39, 0.29) is 23.1 Å². The number of hydrogen-bond donors (Lipinski definition) is 3. The number of nitrogens with one attached hydrogen (secondary N) is 1. The highest BCUT2D eigenvalue weighted by molar-refractivity contribution is 7.19. The Kier molecular flexibility index (Phi) is 6.60. The molecule has 0 fully saturated rings. The summed E-state index contributed by atoms with van der Waals surface area (Å²) in [6.07, 6.45) is 0.122. The van der Waals surface area contributed by atoms with Gasteiger partial charge in [0.15, 0.2) is 5.78 Å². The maximum Gasteiger partial charge on any atom is 0.253 e. The molecule has 0 aromatic carbocycles. The summed E-state index contributed by atoms with van der Waals surface area (Å²) in [5.41, 5.74) is 11.5. The van der Waals surface area contributed by atoms with E-state index in [1.165, 1.54) is 0 Å². The lowest BCUT2D eigenvalue weighted by Gasteiger charge is -2.15. The number of ether oxygens (including phenoxy) is 2. The highest BCUT2D eigenvalue weighted by atomic mass is 32.1. The Morgan fingerprint density at radius 3 is 2.52 bits per heavy atom. The van der Waals surface area contributed by atoms with Crippen molar-refractivity contribution in [3.8, 4) is 0 Å². The van der Waals surface area contributed by atoms with E-state index in [0.29, 0.717) is 29.5 Å². The van der Waals surface area contributed by atoms with Gasteiger partial charge >= 0.3 is 0 Å². The summed E-state index contributed by atoms with van der Waals surface area (Å²) in [5.74, 6) is -0.782. The summed E-state index contributed by atoms with van der Waals surface area (Å²) in [7, 11) is 3.14. The van der Waals surface area contributed by atoms with Crippen LogP contribution < -0.4 is 16.8 Å². The van der Waals surface area contributed by atoms with Crippen molar-refractivity contribution in [2.24, 2.45) is 5.73 Å².